The summed E-state index contributed by atoms with van der Waals surface area (Å²) < 4.78 is 25.0. The predicted molar refractivity (Wildman–Crippen MR) is 83.4 cm³/mol. The lowest BCUT2D eigenvalue weighted by atomic mass is 9.98. The van der Waals surface area contributed by atoms with Crippen molar-refractivity contribution in [3.05, 3.63) is 65.0 Å². The van der Waals surface area contributed by atoms with Gasteiger partial charge in [-0.1, -0.05) is 40.2 Å². The maximum Gasteiger partial charge on any atom is 0.127 e. The van der Waals surface area contributed by atoms with Gasteiger partial charge in [0, 0.05) is 11.4 Å². The average Bonchev–Trinajstić information content (AvgIpc) is 2.52. The molecule has 0 spiro atoms. The van der Waals surface area contributed by atoms with Crippen molar-refractivity contribution in [2.45, 2.75) is 17.9 Å². The Morgan fingerprint density at radius 1 is 1.24 bits per heavy atom. The molecule has 1 atom stereocenters. The van der Waals surface area contributed by atoms with Crippen molar-refractivity contribution < 1.29 is 13.9 Å². The molecule has 0 aromatic heterocycles. The minimum Gasteiger partial charge on any atom is -0.490 e. The van der Waals surface area contributed by atoms with Crippen LogP contribution in [-0.2, 0) is 16.5 Å². The first kappa shape index (κ1) is 14.5. The molecule has 0 amide bonds. The summed E-state index contributed by atoms with van der Waals surface area (Å²) in [4.78, 5) is 0. The normalized spacial score (nSPS) is 17.3. The van der Waals surface area contributed by atoms with Crippen LogP contribution in [0.5, 0.6) is 5.75 Å². The first-order chi connectivity index (χ1) is 10.3. The summed E-state index contributed by atoms with van der Waals surface area (Å²) in [5, 5.41) is 0.601. The van der Waals surface area contributed by atoms with E-state index in [0.29, 0.717) is 24.3 Å². The van der Waals surface area contributed by atoms with Gasteiger partial charge in [0.1, 0.15) is 24.3 Å². The highest BCUT2D eigenvalue weighted by molar-refractivity contribution is 9.08. The van der Waals surface area contributed by atoms with Crippen LogP contribution in [0.3, 0.4) is 0 Å². The fraction of sp³-hybridized carbons (Fsp3) is 0.294. The fourth-order valence-electron chi connectivity index (χ4n) is 2.57. The fourth-order valence-corrected chi connectivity index (χ4v) is 2.89. The minimum absolute atomic E-state index is 0.0920. The van der Waals surface area contributed by atoms with Crippen molar-refractivity contribution in [1.82, 2.24) is 0 Å². The van der Waals surface area contributed by atoms with E-state index in [2.05, 4.69) is 28.1 Å². The van der Waals surface area contributed by atoms with E-state index in [-0.39, 0.29) is 11.9 Å². The zero-order valence-corrected chi connectivity index (χ0v) is 13.1. The number of hydrogen-bond acceptors (Lipinski definition) is 2. The Morgan fingerprint density at radius 2 is 2.10 bits per heavy atom. The van der Waals surface area contributed by atoms with Crippen LogP contribution in [0.4, 0.5) is 4.39 Å². The van der Waals surface area contributed by atoms with Gasteiger partial charge in [-0.25, -0.2) is 4.39 Å². The molecule has 0 saturated carbocycles. The molecular formula is C17H16BrFO2. The molecule has 1 unspecified atom stereocenters. The number of rotatable bonds is 4. The quantitative estimate of drug-likeness (QED) is 0.760. The van der Waals surface area contributed by atoms with Crippen LogP contribution in [0.15, 0.2) is 42.5 Å². The lowest BCUT2D eigenvalue weighted by molar-refractivity contribution is 0.0101. The van der Waals surface area contributed by atoms with E-state index in [0.717, 1.165) is 12.0 Å². The molecule has 1 aliphatic heterocycles. The predicted octanol–water partition coefficient (Wildman–Crippen LogP) is 4.41. The number of fused-ring (bicyclic) bond motifs is 1. The smallest absolute Gasteiger partial charge is 0.127 e. The van der Waals surface area contributed by atoms with Crippen LogP contribution in [0.1, 0.15) is 22.8 Å². The second kappa shape index (κ2) is 6.58. The maximum atomic E-state index is 13.5. The topological polar surface area (TPSA) is 18.5 Å². The van der Waals surface area contributed by atoms with Gasteiger partial charge in [-0.2, -0.15) is 0 Å². The van der Waals surface area contributed by atoms with Gasteiger partial charge in [0.25, 0.3) is 0 Å². The van der Waals surface area contributed by atoms with Crippen molar-refractivity contribution in [1.29, 1.82) is 0 Å². The summed E-state index contributed by atoms with van der Waals surface area (Å²) in [7, 11) is 0. The molecule has 3 rings (SSSR count). The van der Waals surface area contributed by atoms with E-state index in [1.54, 1.807) is 0 Å². The third-order valence-corrected chi connectivity index (χ3v) is 4.23. The van der Waals surface area contributed by atoms with Crippen molar-refractivity contribution in [3.63, 3.8) is 0 Å². The molecule has 0 bridgehead atoms. The third kappa shape index (κ3) is 3.44. The Kier molecular flexibility index (Phi) is 4.56. The molecule has 2 aromatic rings. The SMILES string of the molecule is Fc1cc(CBr)cc(OCC2OCCc3ccccc32)c1. The van der Waals surface area contributed by atoms with E-state index in [4.69, 9.17) is 9.47 Å². The number of ether oxygens (including phenoxy) is 2. The number of benzene rings is 2. The summed E-state index contributed by atoms with van der Waals surface area (Å²) in [6, 6.07) is 13.0. The number of alkyl halides is 1. The van der Waals surface area contributed by atoms with E-state index >= 15 is 0 Å². The Hall–Kier alpha value is -1.39. The Balaban J connectivity index is 1.73. The summed E-state index contributed by atoms with van der Waals surface area (Å²) in [5.74, 6) is 0.253. The Bertz CT molecular complexity index is 630. The minimum atomic E-state index is -0.285. The Morgan fingerprint density at radius 3 is 2.95 bits per heavy atom. The highest BCUT2D eigenvalue weighted by Crippen LogP contribution is 2.28. The molecule has 2 aromatic carbocycles. The summed E-state index contributed by atoms with van der Waals surface area (Å²) in [6.45, 7) is 1.09. The van der Waals surface area contributed by atoms with Gasteiger partial charge < -0.3 is 9.47 Å². The lowest BCUT2D eigenvalue weighted by Crippen LogP contribution is -2.21. The highest BCUT2D eigenvalue weighted by atomic mass is 79.9. The molecule has 0 saturated heterocycles. The molecule has 0 aliphatic carbocycles. The molecule has 2 nitrogen and oxygen atoms in total. The monoisotopic (exact) mass is 350 g/mol. The molecular weight excluding hydrogens is 335 g/mol. The third-order valence-electron chi connectivity index (χ3n) is 3.58. The number of hydrogen-bond donors (Lipinski definition) is 0. The van der Waals surface area contributed by atoms with Crippen molar-refractivity contribution in [3.8, 4) is 5.75 Å². The second-order valence-electron chi connectivity index (χ2n) is 5.05. The first-order valence-electron chi connectivity index (χ1n) is 6.94. The van der Waals surface area contributed by atoms with E-state index in [1.165, 1.54) is 23.3 Å². The van der Waals surface area contributed by atoms with Crippen LogP contribution in [0, 0.1) is 5.82 Å². The van der Waals surface area contributed by atoms with Crippen molar-refractivity contribution in [2.24, 2.45) is 0 Å². The summed E-state index contributed by atoms with van der Waals surface area (Å²) in [6.07, 6.45) is 0.839. The summed E-state index contributed by atoms with van der Waals surface area (Å²) >= 11 is 3.33. The second-order valence-corrected chi connectivity index (χ2v) is 5.61. The summed E-state index contributed by atoms with van der Waals surface area (Å²) in [5.41, 5.74) is 3.33. The van der Waals surface area contributed by atoms with Gasteiger partial charge in [-0.3, -0.25) is 0 Å². The van der Waals surface area contributed by atoms with Gasteiger partial charge in [-0.15, -0.1) is 0 Å². The van der Waals surface area contributed by atoms with Crippen LogP contribution < -0.4 is 4.74 Å². The van der Waals surface area contributed by atoms with Gasteiger partial charge in [-0.05, 0) is 35.2 Å². The molecule has 1 aliphatic rings. The van der Waals surface area contributed by atoms with E-state index < -0.39 is 0 Å². The molecule has 0 radical (unpaired) electrons. The standard InChI is InChI=1S/C17H16BrFO2/c18-10-12-7-14(19)9-15(8-12)21-11-17-16-4-2-1-3-13(16)5-6-20-17/h1-4,7-9,17H,5-6,10-11H2. The zero-order chi connectivity index (χ0) is 14.7. The van der Waals surface area contributed by atoms with Crippen LogP contribution in [0.2, 0.25) is 0 Å². The lowest BCUT2D eigenvalue weighted by Gasteiger charge is -2.26. The van der Waals surface area contributed by atoms with Gasteiger partial charge in [0.05, 0.1) is 6.61 Å². The van der Waals surface area contributed by atoms with Crippen molar-refractivity contribution >= 4 is 15.9 Å². The van der Waals surface area contributed by atoms with Gasteiger partial charge in [0.15, 0.2) is 0 Å². The highest BCUT2D eigenvalue weighted by Gasteiger charge is 2.21. The molecule has 4 heteroatoms. The first-order valence-corrected chi connectivity index (χ1v) is 8.06. The van der Waals surface area contributed by atoms with Gasteiger partial charge >= 0.3 is 0 Å². The molecule has 21 heavy (non-hydrogen) atoms. The molecule has 0 fully saturated rings. The molecule has 0 N–H and O–H groups in total. The average molecular weight is 351 g/mol. The Labute approximate surface area is 132 Å². The van der Waals surface area contributed by atoms with Crippen LogP contribution >= 0.6 is 15.9 Å². The van der Waals surface area contributed by atoms with E-state index in [1.807, 2.05) is 18.2 Å². The molecule has 110 valence electrons. The van der Waals surface area contributed by atoms with Crippen LogP contribution in [0.25, 0.3) is 0 Å². The largest absolute Gasteiger partial charge is 0.490 e. The zero-order valence-electron chi connectivity index (χ0n) is 11.5. The van der Waals surface area contributed by atoms with Crippen molar-refractivity contribution in [2.75, 3.05) is 13.2 Å². The maximum absolute atomic E-state index is 13.5. The number of halogens is 2. The van der Waals surface area contributed by atoms with Crippen LogP contribution in [-0.4, -0.2) is 13.2 Å². The molecule has 1 heterocycles. The van der Waals surface area contributed by atoms with E-state index in [9.17, 15) is 4.39 Å². The van der Waals surface area contributed by atoms with Gasteiger partial charge in [0.2, 0.25) is 0 Å².